The molecule has 112 valence electrons. The Hall–Kier alpha value is -1.66. The Morgan fingerprint density at radius 1 is 1.50 bits per heavy atom. The fourth-order valence-corrected chi connectivity index (χ4v) is 2.64. The van der Waals surface area contributed by atoms with E-state index in [-0.39, 0.29) is 23.3 Å². The fraction of sp³-hybridized carbons (Fsp3) is 0.692. The summed E-state index contributed by atoms with van der Waals surface area (Å²) in [5.41, 5.74) is 5.93. The number of hydrogen-bond acceptors (Lipinski definition) is 3. The highest BCUT2D eigenvalue weighted by molar-refractivity contribution is 5.97. The molecule has 1 aliphatic carbocycles. The normalized spacial score (nSPS) is 16.6. The summed E-state index contributed by atoms with van der Waals surface area (Å²) in [5, 5.41) is 3.89. The molecule has 0 bridgehead atoms. The number of aromatic nitrogens is 2. The minimum Gasteiger partial charge on any atom is -0.396 e. The molecular formula is C13H20F2N4O. The van der Waals surface area contributed by atoms with E-state index in [1.165, 1.54) is 12.6 Å². The van der Waals surface area contributed by atoms with Gasteiger partial charge in [0.2, 0.25) is 0 Å². The van der Waals surface area contributed by atoms with E-state index in [0.29, 0.717) is 0 Å². The third-order valence-corrected chi connectivity index (χ3v) is 3.76. The molecular weight excluding hydrogens is 266 g/mol. The second-order valence-electron chi connectivity index (χ2n) is 5.25. The first-order valence-electron chi connectivity index (χ1n) is 6.87. The molecule has 2 N–H and O–H groups in total. The largest absolute Gasteiger partial charge is 0.396 e. The fourth-order valence-electron chi connectivity index (χ4n) is 2.64. The van der Waals surface area contributed by atoms with Crippen LogP contribution in [0.5, 0.6) is 0 Å². The summed E-state index contributed by atoms with van der Waals surface area (Å²) in [6, 6.07) is 0.191. The maximum absolute atomic E-state index is 12.3. The van der Waals surface area contributed by atoms with Crippen molar-refractivity contribution in [3.8, 4) is 0 Å². The van der Waals surface area contributed by atoms with Crippen LogP contribution in [0.4, 0.5) is 14.5 Å². The summed E-state index contributed by atoms with van der Waals surface area (Å²) < 4.78 is 25.7. The van der Waals surface area contributed by atoms with E-state index < -0.39 is 13.0 Å². The number of carbonyl (C=O) groups is 1. The molecule has 0 atom stereocenters. The van der Waals surface area contributed by atoms with Crippen molar-refractivity contribution in [3.63, 3.8) is 0 Å². The van der Waals surface area contributed by atoms with Gasteiger partial charge in [0.15, 0.2) is 5.69 Å². The van der Waals surface area contributed by atoms with E-state index >= 15 is 0 Å². The monoisotopic (exact) mass is 286 g/mol. The lowest BCUT2D eigenvalue weighted by atomic mass is 9.94. The summed E-state index contributed by atoms with van der Waals surface area (Å²) in [6.45, 7) is -0.551. The van der Waals surface area contributed by atoms with Crippen molar-refractivity contribution in [1.82, 2.24) is 14.7 Å². The predicted octanol–water partition coefficient (Wildman–Crippen LogP) is 2.14. The molecule has 0 radical (unpaired) electrons. The molecule has 5 nitrogen and oxygen atoms in total. The lowest BCUT2D eigenvalue weighted by Crippen LogP contribution is -2.38. The highest BCUT2D eigenvalue weighted by Crippen LogP contribution is 2.23. The van der Waals surface area contributed by atoms with Gasteiger partial charge < -0.3 is 10.6 Å². The van der Waals surface area contributed by atoms with E-state index in [9.17, 15) is 13.6 Å². The standard InChI is InChI=1S/C13H20F2N4O/c1-18(9-5-3-2-4-6-9)13(20)12-10(16)7-19(17-12)8-11(14)15/h7,9,11H,2-6,8,16H2,1H3. The molecule has 20 heavy (non-hydrogen) atoms. The minimum absolute atomic E-state index is 0.0683. The molecule has 1 aromatic heterocycles. The van der Waals surface area contributed by atoms with Crippen LogP contribution in [0.2, 0.25) is 0 Å². The van der Waals surface area contributed by atoms with Crippen LogP contribution in [0.3, 0.4) is 0 Å². The second-order valence-corrected chi connectivity index (χ2v) is 5.25. The van der Waals surface area contributed by atoms with Gasteiger partial charge in [-0.1, -0.05) is 19.3 Å². The van der Waals surface area contributed by atoms with Crippen LogP contribution >= 0.6 is 0 Å². The average molecular weight is 286 g/mol. The van der Waals surface area contributed by atoms with Crippen LogP contribution in [0.1, 0.15) is 42.6 Å². The molecule has 0 unspecified atom stereocenters. The van der Waals surface area contributed by atoms with Gasteiger partial charge in [-0.25, -0.2) is 8.78 Å². The van der Waals surface area contributed by atoms with Gasteiger partial charge in [-0.15, -0.1) is 0 Å². The van der Waals surface area contributed by atoms with Crippen molar-refractivity contribution in [1.29, 1.82) is 0 Å². The zero-order valence-electron chi connectivity index (χ0n) is 11.6. The van der Waals surface area contributed by atoms with Gasteiger partial charge in [-0.05, 0) is 12.8 Å². The lowest BCUT2D eigenvalue weighted by Gasteiger charge is -2.30. The Morgan fingerprint density at radius 2 is 2.15 bits per heavy atom. The molecule has 7 heteroatoms. The number of alkyl halides is 2. The van der Waals surface area contributed by atoms with Crippen LogP contribution < -0.4 is 5.73 Å². The molecule has 1 aromatic rings. The average Bonchev–Trinajstić information content (AvgIpc) is 2.78. The molecule has 2 rings (SSSR count). The number of hydrogen-bond donors (Lipinski definition) is 1. The number of carbonyl (C=O) groups excluding carboxylic acids is 1. The number of nitrogens with two attached hydrogens (primary N) is 1. The molecule has 1 saturated carbocycles. The number of anilines is 1. The number of nitrogen functional groups attached to an aromatic ring is 1. The van der Waals surface area contributed by atoms with E-state index in [0.717, 1.165) is 30.4 Å². The molecule has 0 saturated heterocycles. The van der Waals surface area contributed by atoms with Crippen molar-refractivity contribution in [2.24, 2.45) is 0 Å². The van der Waals surface area contributed by atoms with Gasteiger partial charge >= 0.3 is 0 Å². The predicted molar refractivity (Wildman–Crippen MR) is 71.6 cm³/mol. The summed E-state index contributed by atoms with van der Waals surface area (Å²) in [5.74, 6) is -0.289. The van der Waals surface area contributed by atoms with Gasteiger partial charge in [0.05, 0.1) is 5.69 Å². The number of amides is 1. The molecule has 1 amide bonds. The topological polar surface area (TPSA) is 64.2 Å². The van der Waals surface area contributed by atoms with Gasteiger partial charge in [-0.3, -0.25) is 9.48 Å². The minimum atomic E-state index is -2.52. The lowest BCUT2D eigenvalue weighted by molar-refractivity contribution is 0.0687. The van der Waals surface area contributed by atoms with Gasteiger partial charge in [0, 0.05) is 19.3 Å². The molecule has 1 heterocycles. The van der Waals surface area contributed by atoms with Gasteiger partial charge in [-0.2, -0.15) is 5.10 Å². The molecule has 0 spiro atoms. The quantitative estimate of drug-likeness (QED) is 0.922. The van der Waals surface area contributed by atoms with E-state index in [1.807, 2.05) is 0 Å². The molecule has 1 fully saturated rings. The Morgan fingerprint density at radius 3 is 2.75 bits per heavy atom. The molecule has 0 aliphatic heterocycles. The number of halogens is 2. The van der Waals surface area contributed by atoms with Crippen LogP contribution in [0, 0.1) is 0 Å². The first-order chi connectivity index (χ1) is 9.49. The maximum atomic E-state index is 12.3. The maximum Gasteiger partial charge on any atom is 0.276 e. The number of nitrogens with zero attached hydrogens (tertiary/aromatic N) is 3. The Labute approximate surface area is 116 Å². The Balaban J connectivity index is 2.09. The highest BCUT2D eigenvalue weighted by atomic mass is 19.3. The Bertz CT molecular complexity index is 469. The van der Waals surface area contributed by atoms with E-state index in [2.05, 4.69) is 5.10 Å². The number of rotatable bonds is 4. The van der Waals surface area contributed by atoms with E-state index in [1.54, 1.807) is 11.9 Å². The Kier molecular flexibility index (Phi) is 4.57. The zero-order valence-corrected chi connectivity index (χ0v) is 11.6. The van der Waals surface area contributed by atoms with Crippen LogP contribution in [-0.4, -0.2) is 40.1 Å². The van der Waals surface area contributed by atoms with Crippen LogP contribution in [-0.2, 0) is 6.54 Å². The first kappa shape index (κ1) is 14.7. The van der Waals surface area contributed by atoms with Crippen molar-refractivity contribution in [2.45, 2.75) is 51.1 Å². The summed E-state index contributed by atoms with van der Waals surface area (Å²) in [7, 11) is 1.73. The zero-order chi connectivity index (χ0) is 14.7. The summed E-state index contributed by atoms with van der Waals surface area (Å²) >= 11 is 0. The van der Waals surface area contributed by atoms with Crippen molar-refractivity contribution < 1.29 is 13.6 Å². The first-order valence-corrected chi connectivity index (χ1v) is 6.87. The third kappa shape index (κ3) is 3.26. The van der Waals surface area contributed by atoms with E-state index in [4.69, 9.17) is 5.73 Å². The van der Waals surface area contributed by atoms with Crippen LogP contribution in [0.25, 0.3) is 0 Å². The van der Waals surface area contributed by atoms with Crippen molar-refractivity contribution in [3.05, 3.63) is 11.9 Å². The van der Waals surface area contributed by atoms with Crippen molar-refractivity contribution >= 4 is 11.6 Å². The SMILES string of the molecule is CN(C(=O)c1nn(CC(F)F)cc1N)C1CCCCC1. The highest BCUT2D eigenvalue weighted by Gasteiger charge is 2.26. The summed E-state index contributed by atoms with van der Waals surface area (Å²) in [4.78, 5) is 14.0. The van der Waals surface area contributed by atoms with Crippen LogP contribution in [0.15, 0.2) is 6.20 Å². The van der Waals surface area contributed by atoms with Gasteiger partial charge in [0.25, 0.3) is 12.3 Å². The smallest absolute Gasteiger partial charge is 0.276 e. The molecule has 1 aliphatic rings. The molecule has 0 aromatic carbocycles. The third-order valence-electron chi connectivity index (χ3n) is 3.76. The second kappa shape index (κ2) is 6.19. The van der Waals surface area contributed by atoms with Gasteiger partial charge in [0.1, 0.15) is 6.54 Å². The summed E-state index contributed by atoms with van der Waals surface area (Å²) in [6.07, 6.45) is 4.13. The van der Waals surface area contributed by atoms with Crippen molar-refractivity contribution in [2.75, 3.05) is 12.8 Å².